The lowest BCUT2D eigenvalue weighted by Gasteiger charge is -2.22. The number of carbonyl (C=O) groups is 1. The summed E-state index contributed by atoms with van der Waals surface area (Å²) in [6.07, 6.45) is 1.06. The second-order valence-corrected chi connectivity index (χ2v) is 8.52. The van der Waals surface area contributed by atoms with E-state index in [0.29, 0.717) is 22.9 Å². The highest BCUT2D eigenvalue weighted by atomic mass is 127. The van der Waals surface area contributed by atoms with Crippen molar-refractivity contribution >= 4 is 49.9 Å². The number of nitrogens with one attached hydrogen (secondary N) is 1. The minimum Gasteiger partial charge on any atom is -0.493 e. The first kappa shape index (κ1) is 20.3. The molecule has 0 aliphatic heterocycles. The van der Waals surface area contributed by atoms with Gasteiger partial charge in [-0.05, 0) is 59.0 Å². The zero-order valence-electron chi connectivity index (χ0n) is 14.5. The van der Waals surface area contributed by atoms with Crippen LogP contribution in [0, 0.1) is 3.57 Å². The highest BCUT2D eigenvalue weighted by Crippen LogP contribution is 2.29. The van der Waals surface area contributed by atoms with E-state index in [1.54, 1.807) is 42.5 Å². The lowest BCUT2D eigenvalue weighted by atomic mass is 10.2. The van der Waals surface area contributed by atoms with Gasteiger partial charge in [-0.25, -0.2) is 8.42 Å². The molecule has 0 aliphatic rings. The third kappa shape index (κ3) is 5.24. The molecule has 140 valence electrons. The summed E-state index contributed by atoms with van der Waals surface area (Å²) in [7, 11) is -0.610. The third-order valence-corrected chi connectivity index (χ3v) is 5.33. The van der Waals surface area contributed by atoms with Crippen LogP contribution >= 0.6 is 22.6 Å². The van der Waals surface area contributed by atoms with Crippen LogP contribution in [-0.4, -0.2) is 41.3 Å². The second-order valence-electron chi connectivity index (χ2n) is 5.36. The molecule has 0 unspecified atom stereocenters. The number of rotatable bonds is 7. The molecule has 0 atom stereocenters. The number of nitrogens with zero attached hydrogens (tertiary/aromatic N) is 1. The maximum Gasteiger partial charge on any atom is 0.245 e. The molecule has 0 saturated carbocycles. The Bertz CT molecular complexity index is 885. The molecule has 0 aromatic heterocycles. The van der Waals surface area contributed by atoms with Crippen LogP contribution in [0.5, 0.6) is 11.5 Å². The van der Waals surface area contributed by atoms with Crippen molar-refractivity contribution in [2.75, 3.05) is 36.6 Å². The molecule has 7 nitrogen and oxygen atoms in total. The van der Waals surface area contributed by atoms with Gasteiger partial charge in [0.15, 0.2) is 11.5 Å². The fourth-order valence-electron chi connectivity index (χ4n) is 2.25. The number of halogens is 1. The molecule has 26 heavy (non-hydrogen) atoms. The Balaban J connectivity index is 2.19. The van der Waals surface area contributed by atoms with Gasteiger partial charge in [-0.2, -0.15) is 0 Å². The topological polar surface area (TPSA) is 84.9 Å². The molecule has 2 aromatic rings. The van der Waals surface area contributed by atoms with Gasteiger partial charge >= 0.3 is 0 Å². The fraction of sp³-hybridized carbons (Fsp3) is 0.235. The number of amides is 1. The summed E-state index contributed by atoms with van der Waals surface area (Å²) in [5.41, 5.74) is 0.902. The van der Waals surface area contributed by atoms with Crippen molar-refractivity contribution in [2.45, 2.75) is 0 Å². The number of anilines is 2. The molecular formula is C17H19IN2O5S. The summed E-state index contributed by atoms with van der Waals surface area (Å²) < 4.78 is 36.6. The standard InChI is InChI=1S/C17H19IN2O5S/c1-24-15-9-6-13(10-16(15)25-2)19-17(21)11-20(26(3,22)23)14-7-4-12(18)5-8-14/h4-10H,11H2,1-3H3,(H,19,21). The van der Waals surface area contributed by atoms with Crippen molar-refractivity contribution in [3.8, 4) is 11.5 Å². The fourth-order valence-corrected chi connectivity index (χ4v) is 3.47. The number of sulfonamides is 1. The first-order chi connectivity index (χ1) is 12.2. The molecule has 1 amide bonds. The predicted octanol–water partition coefficient (Wildman–Crippen LogP) is 2.71. The molecule has 0 fully saturated rings. The van der Waals surface area contributed by atoms with Gasteiger partial charge in [0, 0.05) is 15.3 Å². The number of hydrogen-bond donors (Lipinski definition) is 1. The van der Waals surface area contributed by atoms with E-state index in [1.165, 1.54) is 14.2 Å². The predicted molar refractivity (Wildman–Crippen MR) is 110 cm³/mol. The Morgan fingerprint density at radius 1 is 1.08 bits per heavy atom. The van der Waals surface area contributed by atoms with Gasteiger partial charge in [0.1, 0.15) is 6.54 Å². The van der Waals surface area contributed by atoms with Crippen LogP contribution in [-0.2, 0) is 14.8 Å². The molecule has 0 saturated heterocycles. The van der Waals surface area contributed by atoms with Crippen molar-refractivity contribution in [3.63, 3.8) is 0 Å². The Labute approximate surface area is 166 Å². The van der Waals surface area contributed by atoms with Gasteiger partial charge in [0.2, 0.25) is 15.9 Å². The summed E-state index contributed by atoms with van der Waals surface area (Å²) in [4.78, 5) is 12.4. The summed E-state index contributed by atoms with van der Waals surface area (Å²) in [6, 6.07) is 11.8. The average Bonchev–Trinajstić information content (AvgIpc) is 2.59. The molecular weight excluding hydrogens is 471 g/mol. The molecule has 2 rings (SSSR count). The van der Waals surface area contributed by atoms with Crippen molar-refractivity contribution in [3.05, 3.63) is 46.0 Å². The van der Waals surface area contributed by atoms with Gasteiger partial charge in [0.25, 0.3) is 0 Å². The van der Waals surface area contributed by atoms with Crippen LogP contribution in [0.25, 0.3) is 0 Å². The zero-order chi connectivity index (χ0) is 19.3. The smallest absolute Gasteiger partial charge is 0.245 e. The highest BCUT2D eigenvalue weighted by molar-refractivity contribution is 14.1. The summed E-state index contributed by atoms with van der Waals surface area (Å²) in [6.45, 7) is -0.340. The first-order valence-electron chi connectivity index (χ1n) is 7.49. The van der Waals surface area contributed by atoms with Crippen LogP contribution in [0.3, 0.4) is 0 Å². The molecule has 2 aromatic carbocycles. The third-order valence-electron chi connectivity index (χ3n) is 3.47. The number of ether oxygens (including phenoxy) is 2. The van der Waals surface area contributed by atoms with Gasteiger partial charge in [-0.1, -0.05) is 0 Å². The van der Waals surface area contributed by atoms with E-state index >= 15 is 0 Å². The minimum atomic E-state index is -3.62. The Kier molecular flexibility index (Phi) is 6.70. The van der Waals surface area contributed by atoms with Crippen molar-refractivity contribution in [1.82, 2.24) is 0 Å². The zero-order valence-corrected chi connectivity index (χ0v) is 17.5. The lowest BCUT2D eigenvalue weighted by molar-refractivity contribution is -0.114. The molecule has 0 aliphatic carbocycles. The van der Waals surface area contributed by atoms with Crippen LogP contribution in [0.2, 0.25) is 0 Å². The SMILES string of the molecule is COc1ccc(NC(=O)CN(c2ccc(I)cc2)S(C)(=O)=O)cc1OC. The van der Waals surface area contributed by atoms with E-state index in [0.717, 1.165) is 14.1 Å². The summed E-state index contributed by atoms with van der Waals surface area (Å²) in [5, 5.41) is 2.67. The quantitative estimate of drug-likeness (QED) is 0.604. The Hall–Kier alpha value is -2.01. The Morgan fingerprint density at radius 3 is 2.23 bits per heavy atom. The summed E-state index contributed by atoms with van der Waals surface area (Å²) in [5.74, 6) is 0.520. The molecule has 0 radical (unpaired) electrons. The van der Waals surface area contributed by atoms with E-state index in [1.807, 2.05) is 0 Å². The minimum absolute atomic E-state index is 0.340. The maximum absolute atomic E-state index is 12.4. The average molecular weight is 490 g/mol. The van der Waals surface area contributed by atoms with E-state index in [4.69, 9.17) is 9.47 Å². The molecule has 9 heteroatoms. The second kappa shape index (κ2) is 8.58. The highest BCUT2D eigenvalue weighted by Gasteiger charge is 2.21. The van der Waals surface area contributed by atoms with Gasteiger partial charge in [-0.15, -0.1) is 0 Å². The lowest BCUT2D eigenvalue weighted by Crippen LogP contribution is -2.37. The molecule has 0 spiro atoms. The van der Waals surface area contributed by atoms with Crippen molar-refractivity contribution in [1.29, 1.82) is 0 Å². The normalized spacial score (nSPS) is 10.9. The molecule has 0 heterocycles. The largest absolute Gasteiger partial charge is 0.493 e. The Morgan fingerprint density at radius 2 is 1.69 bits per heavy atom. The van der Waals surface area contributed by atoms with E-state index in [2.05, 4.69) is 27.9 Å². The summed E-state index contributed by atoms with van der Waals surface area (Å²) >= 11 is 2.12. The monoisotopic (exact) mass is 490 g/mol. The van der Waals surface area contributed by atoms with Crippen LogP contribution in [0.15, 0.2) is 42.5 Å². The number of carbonyl (C=O) groups excluding carboxylic acids is 1. The van der Waals surface area contributed by atoms with E-state index < -0.39 is 15.9 Å². The number of benzene rings is 2. The first-order valence-corrected chi connectivity index (χ1v) is 10.4. The van der Waals surface area contributed by atoms with Gasteiger partial charge in [0.05, 0.1) is 26.2 Å². The number of methoxy groups -OCH3 is 2. The van der Waals surface area contributed by atoms with Crippen molar-refractivity contribution < 1.29 is 22.7 Å². The molecule has 1 N–H and O–H groups in total. The van der Waals surface area contributed by atoms with Crippen LogP contribution in [0.1, 0.15) is 0 Å². The van der Waals surface area contributed by atoms with E-state index in [9.17, 15) is 13.2 Å². The van der Waals surface area contributed by atoms with Crippen molar-refractivity contribution in [2.24, 2.45) is 0 Å². The van der Waals surface area contributed by atoms with Gasteiger partial charge < -0.3 is 14.8 Å². The van der Waals surface area contributed by atoms with Gasteiger partial charge in [-0.3, -0.25) is 9.10 Å². The maximum atomic E-state index is 12.4. The van der Waals surface area contributed by atoms with Crippen LogP contribution < -0.4 is 19.1 Å². The number of hydrogen-bond acceptors (Lipinski definition) is 5. The van der Waals surface area contributed by atoms with E-state index in [-0.39, 0.29) is 6.54 Å². The van der Waals surface area contributed by atoms with Crippen LogP contribution in [0.4, 0.5) is 11.4 Å². The molecule has 0 bridgehead atoms.